The summed E-state index contributed by atoms with van der Waals surface area (Å²) in [6, 6.07) is 10.8. The molecule has 0 saturated carbocycles. The number of aliphatic hydroxyl groups excluding tert-OH is 1. The maximum absolute atomic E-state index is 17.0. The number of aromatic nitrogens is 2. The van der Waals surface area contributed by atoms with E-state index in [1.807, 2.05) is 37.3 Å². The van der Waals surface area contributed by atoms with E-state index in [9.17, 15) is 5.11 Å². The van der Waals surface area contributed by atoms with Crippen LogP contribution in [0.2, 0.25) is 5.02 Å². The number of hydrogen-bond acceptors (Lipinski definition) is 7. The Labute approximate surface area is 245 Å². The van der Waals surface area contributed by atoms with Crippen molar-refractivity contribution in [3.63, 3.8) is 0 Å². The maximum atomic E-state index is 17.0. The van der Waals surface area contributed by atoms with Crippen LogP contribution in [-0.2, 0) is 5.41 Å². The molecule has 9 heteroatoms. The molecule has 3 saturated heterocycles. The van der Waals surface area contributed by atoms with Gasteiger partial charge < -0.3 is 25.0 Å². The van der Waals surface area contributed by atoms with Gasteiger partial charge in [0.15, 0.2) is 5.82 Å². The number of likely N-dealkylation sites (tertiary alicyclic amines) is 1. The second kappa shape index (κ2) is 10.4. The molecule has 0 spiro atoms. The second-order valence-corrected chi connectivity index (χ2v) is 12.9. The molecule has 3 aromatic rings. The van der Waals surface area contributed by atoms with Gasteiger partial charge in [0, 0.05) is 59.0 Å². The Kier molecular flexibility index (Phi) is 6.83. The monoisotopic (exact) mass is 577 g/mol. The molecule has 41 heavy (non-hydrogen) atoms. The van der Waals surface area contributed by atoms with Crippen molar-refractivity contribution in [2.75, 3.05) is 38.2 Å². The molecule has 3 aliphatic heterocycles. The van der Waals surface area contributed by atoms with Crippen LogP contribution in [0.1, 0.15) is 62.1 Å². The molecular weight excluding hydrogens is 541 g/mol. The van der Waals surface area contributed by atoms with Gasteiger partial charge in [-0.15, -0.1) is 0 Å². The van der Waals surface area contributed by atoms with Crippen molar-refractivity contribution >= 4 is 34.4 Å². The zero-order valence-electron chi connectivity index (χ0n) is 23.7. The molecule has 2 aromatic carbocycles. The summed E-state index contributed by atoms with van der Waals surface area (Å²) in [4.78, 5) is 14.1. The van der Waals surface area contributed by atoms with Gasteiger partial charge in [0.2, 0.25) is 0 Å². The number of halogens is 2. The highest BCUT2D eigenvalue weighted by atomic mass is 35.5. The summed E-state index contributed by atoms with van der Waals surface area (Å²) in [5.41, 5.74) is 1.44. The molecule has 0 amide bonds. The summed E-state index contributed by atoms with van der Waals surface area (Å²) in [7, 11) is 2.12. The van der Waals surface area contributed by atoms with E-state index in [0.717, 1.165) is 50.0 Å². The summed E-state index contributed by atoms with van der Waals surface area (Å²) < 4.78 is 23.2. The lowest BCUT2D eigenvalue weighted by atomic mass is 9.68. The number of hydrogen-bond donors (Lipinski definition) is 2. The van der Waals surface area contributed by atoms with Crippen LogP contribution >= 0.6 is 11.6 Å². The molecule has 3 fully saturated rings. The maximum Gasteiger partial charge on any atom is 0.319 e. The molecular formula is C32H37ClFN5O2. The first-order valence-corrected chi connectivity index (χ1v) is 15.2. The van der Waals surface area contributed by atoms with Gasteiger partial charge in [-0.25, -0.2) is 4.39 Å². The van der Waals surface area contributed by atoms with E-state index >= 15 is 4.39 Å². The Hall–Kier alpha value is -2.94. The molecule has 4 atom stereocenters. The zero-order chi connectivity index (χ0) is 28.3. The highest BCUT2D eigenvalue weighted by Crippen LogP contribution is 2.48. The van der Waals surface area contributed by atoms with Crippen LogP contribution in [0, 0.1) is 5.82 Å². The van der Waals surface area contributed by atoms with Crippen molar-refractivity contribution in [1.82, 2.24) is 20.2 Å². The number of allylic oxidation sites excluding steroid dienone is 1. The number of rotatable bonds is 5. The van der Waals surface area contributed by atoms with Crippen LogP contribution in [-0.4, -0.2) is 71.4 Å². The number of aliphatic hydroxyl groups is 1. The lowest BCUT2D eigenvalue weighted by molar-refractivity contribution is 0.120. The van der Waals surface area contributed by atoms with Crippen LogP contribution < -0.4 is 15.0 Å². The average molecular weight is 578 g/mol. The molecule has 4 aliphatic rings. The van der Waals surface area contributed by atoms with Crippen LogP contribution in [0.15, 0.2) is 36.1 Å². The molecule has 2 N–H and O–H groups in total. The molecule has 0 radical (unpaired) electrons. The summed E-state index contributed by atoms with van der Waals surface area (Å²) in [6.45, 7) is 5.02. The minimum absolute atomic E-state index is 0.196. The smallest absolute Gasteiger partial charge is 0.319 e. The predicted octanol–water partition coefficient (Wildman–Crippen LogP) is 5.83. The number of anilines is 1. The summed E-state index contributed by atoms with van der Waals surface area (Å²) in [6.07, 6.45) is 7.64. The van der Waals surface area contributed by atoms with Crippen molar-refractivity contribution < 1.29 is 14.2 Å². The van der Waals surface area contributed by atoms with Gasteiger partial charge >= 0.3 is 6.01 Å². The molecule has 3 unspecified atom stereocenters. The number of piperazine rings is 1. The largest absolute Gasteiger partial charge is 0.512 e. The van der Waals surface area contributed by atoms with E-state index in [1.54, 1.807) is 6.08 Å². The van der Waals surface area contributed by atoms with Crippen molar-refractivity contribution in [2.45, 2.75) is 69.0 Å². The van der Waals surface area contributed by atoms with Gasteiger partial charge in [-0.3, -0.25) is 0 Å². The molecule has 1 aliphatic carbocycles. The first-order chi connectivity index (χ1) is 19.8. The van der Waals surface area contributed by atoms with Crippen LogP contribution in [0.5, 0.6) is 6.01 Å². The first kappa shape index (κ1) is 26.9. The highest BCUT2D eigenvalue weighted by molar-refractivity contribution is 6.32. The lowest BCUT2D eigenvalue weighted by Crippen LogP contribution is -2.51. The topological polar surface area (TPSA) is 73.8 Å². The van der Waals surface area contributed by atoms with Gasteiger partial charge in [0.25, 0.3) is 0 Å². The van der Waals surface area contributed by atoms with Crippen molar-refractivity contribution in [1.29, 1.82) is 0 Å². The molecule has 7 rings (SSSR count). The van der Waals surface area contributed by atoms with E-state index < -0.39 is 11.2 Å². The van der Waals surface area contributed by atoms with Gasteiger partial charge in [0.05, 0.1) is 5.76 Å². The minimum atomic E-state index is -0.879. The van der Waals surface area contributed by atoms with Crippen LogP contribution in [0.25, 0.3) is 17.0 Å². The number of nitrogens with one attached hydrogen (secondary N) is 1. The highest BCUT2D eigenvalue weighted by Gasteiger charge is 2.40. The number of ether oxygens (including phenoxy) is 1. The zero-order valence-corrected chi connectivity index (χ0v) is 24.4. The number of nitrogens with zero attached hydrogens (tertiary/aromatic N) is 4. The average Bonchev–Trinajstić information content (AvgIpc) is 3.29. The first-order valence-electron chi connectivity index (χ1n) is 14.8. The third-order valence-electron chi connectivity index (χ3n) is 9.65. The van der Waals surface area contributed by atoms with E-state index in [2.05, 4.69) is 22.2 Å². The Morgan fingerprint density at radius 1 is 1.15 bits per heavy atom. The van der Waals surface area contributed by atoms with E-state index in [4.69, 9.17) is 26.3 Å². The third-order valence-corrected chi connectivity index (χ3v) is 9.95. The van der Waals surface area contributed by atoms with E-state index in [1.165, 1.54) is 12.8 Å². The van der Waals surface area contributed by atoms with Crippen molar-refractivity contribution in [3.8, 4) is 6.01 Å². The normalized spacial score (nSPS) is 28.0. The standard InChI is InChI=1S/C32H37ClFN5O2/c1-32(15-23(40)13-19-7-3-4-9-25(19)32)27-26(33)14-24-29(28(27)34)36-31(41-18-22-8-5-6-12-38(22)2)37-30(24)39-16-20-10-11-21(17-39)35-20/h3-4,7,9,13-14,20-22,35,40H,5-6,8,10-12,15-18H2,1-2H3/t20?,21?,22-,32?/m0/s1. The summed E-state index contributed by atoms with van der Waals surface area (Å²) in [5.74, 6) is 0.382. The lowest BCUT2D eigenvalue weighted by Gasteiger charge is -2.37. The molecule has 2 bridgehead atoms. The molecule has 216 valence electrons. The SMILES string of the molecule is CN1CCCC[C@H]1COc1nc(N2CC3CCC(C2)N3)c2cc(Cl)c(C3(C)CC(O)=Cc4ccccc43)c(F)c2n1. The Bertz CT molecular complexity index is 1520. The van der Waals surface area contributed by atoms with Gasteiger partial charge in [-0.1, -0.05) is 49.2 Å². The van der Waals surface area contributed by atoms with Gasteiger partial charge in [-0.05, 0) is 62.5 Å². The molecule has 4 heterocycles. The third kappa shape index (κ3) is 4.74. The Morgan fingerprint density at radius 2 is 1.93 bits per heavy atom. The predicted molar refractivity (Wildman–Crippen MR) is 161 cm³/mol. The summed E-state index contributed by atoms with van der Waals surface area (Å²) >= 11 is 6.98. The van der Waals surface area contributed by atoms with Gasteiger partial charge in [-0.2, -0.15) is 9.97 Å². The number of fused-ring (bicyclic) bond motifs is 4. The second-order valence-electron chi connectivity index (χ2n) is 12.5. The Morgan fingerprint density at radius 3 is 2.71 bits per heavy atom. The quantitative estimate of drug-likeness (QED) is 0.395. The van der Waals surface area contributed by atoms with Crippen LogP contribution in [0.3, 0.4) is 0 Å². The number of piperidine rings is 1. The molecule has 1 aromatic heterocycles. The van der Waals surface area contributed by atoms with Crippen LogP contribution in [0.4, 0.5) is 10.2 Å². The number of benzene rings is 2. The van der Waals surface area contributed by atoms with E-state index in [0.29, 0.717) is 40.5 Å². The fourth-order valence-electron chi connectivity index (χ4n) is 7.50. The Balaban J connectivity index is 1.36. The molecule has 7 nitrogen and oxygen atoms in total. The number of likely N-dealkylation sites (N-methyl/N-ethyl adjacent to an activating group) is 1. The summed E-state index contributed by atoms with van der Waals surface area (Å²) in [5, 5.41) is 15.3. The fourth-order valence-corrected chi connectivity index (χ4v) is 7.90. The fraction of sp³-hybridized carbons (Fsp3) is 0.500. The minimum Gasteiger partial charge on any atom is -0.512 e. The van der Waals surface area contributed by atoms with Crippen molar-refractivity contribution in [3.05, 3.63) is 63.6 Å². The van der Waals surface area contributed by atoms with Crippen molar-refractivity contribution in [2.24, 2.45) is 0 Å². The van der Waals surface area contributed by atoms with Gasteiger partial charge in [0.1, 0.15) is 17.9 Å². The van der Waals surface area contributed by atoms with E-state index in [-0.39, 0.29) is 29.7 Å².